The summed E-state index contributed by atoms with van der Waals surface area (Å²) in [5, 5.41) is 13.8. The molecular weight excluding hydrogens is 438 g/mol. The number of carbonyl (C=O) groups is 4. The van der Waals surface area contributed by atoms with Gasteiger partial charge in [0.25, 0.3) is 0 Å². The van der Waals surface area contributed by atoms with Crippen molar-refractivity contribution in [2.75, 3.05) is 26.2 Å². The zero-order valence-electron chi connectivity index (χ0n) is 19.2. The van der Waals surface area contributed by atoms with Gasteiger partial charge in [0, 0.05) is 12.0 Å². The van der Waals surface area contributed by atoms with Crippen LogP contribution >= 0.6 is 0 Å². The van der Waals surface area contributed by atoms with E-state index in [1.807, 2.05) is 55.5 Å². The van der Waals surface area contributed by atoms with Crippen molar-refractivity contribution in [3.8, 4) is 11.1 Å². The summed E-state index contributed by atoms with van der Waals surface area (Å²) in [6, 6.07) is 15.7. The number of fused-ring (bicyclic) bond motifs is 3. The molecule has 0 aliphatic heterocycles. The molecular formula is C25H29N3O6. The van der Waals surface area contributed by atoms with Gasteiger partial charge in [0.1, 0.15) is 19.7 Å². The lowest BCUT2D eigenvalue weighted by Gasteiger charge is -2.27. The van der Waals surface area contributed by atoms with Gasteiger partial charge in [-0.1, -0.05) is 55.5 Å². The Labute approximate surface area is 198 Å². The predicted octanol–water partition coefficient (Wildman–Crippen LogP) is 2.35. The van der Waals surface area contributed by atoms with E-state index in [1.165, 1.54) is 4.90 Å². The quantitative estimate of drug-likeness (QED) is 0.493. The van der Waals surface area contributed by atoms with E-state index < -0.39 is 30.4 Å². The third-order valence-electron chi connectivity index (χ3n) is 5.92. The van der Waals surface area contributed by atoms with Gasteiger partial charge in [0.2, 0.25) is 11.8 Å². The number of aliphatic carboxylic acids is 1. The van der Waals surface area contributed by atoms with Gasteiger partial charge in [0.15, 0.2) is 0 Å². The molecule has 9 nitrogen and oxygen atoms in total. The molecule has 0 bridgehead atoms. The van der Waals surface area contributed by atoms with Crippen molar-refractivity contribution in [3.05, 3.63) is 59.7 Å². The first kappa shape index (κ1) is 24.8. The molecule has 0 fully saturated rings. The summed E-state index contributed by atoms with van der Waals surface area (Å²) in [5.74, 6) is -2.31. The van der Waals surface area contributed by atoms with Crippen LogP contribution in [0.25, 0.3) is 11.1 Å². The minimum atomic E-state index is -1.13. The number of ether oxygens (including phenoxy) is 1. The summed E-state index contributed by atoms with van der Waals surface area (Å²) in [5.41, 5.74) is 4.40. The third-order valence-corrected chi connectivity index (χ3v) is 5.92. The van der Waals surface area contributed by atoms with Gasteiger partial charge in [-0.15, -0.1) is 0 Å². The number of hydrogen-bond donors (Lipinski definition) is 3. The Hall–Kier alpha value is -3.88. The van der Waals surface area contributed by atoms with Crippen LogP contribution in [0.2, 0.25) is 0 Å². The minimum absolute atomic E-state index is 0.0922. The van der Waals surface area contributed by atoms with Gasteiger partial charge in [-0.05, 0) is 35.6 Å². The molecule has 1 aliphatic carbocycles. The number of rotatable bonds is 10. The van der Waals surface area contributed by atoms with E-state index in [1.54, 1.807) is 6.92 Å². The van der Waals surface area contributed by atoms with Gasteiger partial charge in [-0.3, -0.25) is 14.4 Å². The second kappa shape index (κ2) is 11.3. The molecule has 3 amide bonds. The van der Waals surface area contributed by atoms with Gasteiger partial charge in [-0.2, -0.15) is 0 Å². The fraction of sp³-hybridized carbons (Fsp3) is 0.360. The summed E-state index contributed by atoms with van der Waals surface area (Å²) >= 11 is 0. The van der Waals surface area contributed by atoms with Crippen molar-refractivity contribution < 1.29 is 29.0 Å². The molecule has 9 heteroatoms. The highest BCUT2D eigenvalue weighted by atomic mass is 16.5. The number of nitrogens with zero attached hydrogens (tertiary/aromatic N) is 1. The van der Waals surface area contributed by atoms with Crippen molar-refractivity contribution in [1.82, 2.24) is 15.5 Å². The molecule has 1 unspecified atom stereocenters. The first-order chi connectivity index (χ1) is 16.3. The molecule has 2 aromatic rings. The van der Waals surface area contributed by atoms with E-state index in [0.717, 1.165) is 22.3 Å². The highest BCUT2D eigenvalue weighted by molar-refractivity contribution is 5.88. The van der Waals surface area contributed by atoms with Crippen molar-refractivity contribution in [2.24, 2.45) is 0 Å². The maximum absolute atomic E-state index is 12.3. The van der Waals surface area contributed by atoms with Crippen LogP contribution < -0.4 is 10.6 Å². The van der Waals surface area contributed by atoms with Crippen molar-refractivity contribution in [2.45, 2.75) is 32.2 Å². The Morgan fingerprint density at radius 3 is 2.12 bits per heavy atom. The Morgan fingerprint density at radius 2 is 1.56 bits per heavy atom. The monoisotopic (exact) mass is 467 g/mol. The van der Waals surface area contributed by atoms with Gasteiger partial charge < -0.3 is 25.4 Å². The highest BCUT2D eigenvalue weighted by Gasteiger charge is 2.29. The van der Waals surface area contributed by atoms with Crippen LogP contribution in [0.4, 0.5) is 4.79 Å². The maximum atomic E-state index is 12.3. The largest absolute Gasteiger partial charge is 0.480 e. The van der Waals surface area contributed by atoms with Crippen LogP contribution in [0.15, 0.2) is 48.5 Å². The summed E-state index contributed by atoms with van der Waals surface area (Å²) in [4.78, 5) is 48.7. The molecule has 2 aromatic carbocycles. The van der Waals surface area contributed by atoms with Crippen molar-refractivity contribution >= 4 is 23.9 Å². The molecule has 34 heavy (non-hydrogen) atoms. The smallest absolute Gasteiger partial charge is 0.407 e. The number of alkyl carbamates (subject to hydrolysis) is 1. The van der Waals surface area contributed by atoms with Gasteiger partial charge >= 0.3 is 12.1 Å². The lowest BCUT2D eigenvalue weighted by molar-refractivity contribution is -0.145. The fourth-order valence-electron chi connectivity index (χ4n) is 4.00. The van der Waals surface area contributed by atoms with Crippen LogP contribution in [0.3, 0.4) is 0 Å². The molecule has 0 radical (unpaired) electrons. The van der Waals surface area contributed by atoms with E-state index in [4.69, 9.17) is 9.84 Å². The molecule has 3 N–H and O–H groups in total. The standard InChI is InChI=1S/C25H29N3O6/c1-3-16(2)28(14-24(31)32)23(30)13-26-22(29)12-27-25(33)34-15-21-19-10-6-4-8-17(19)18-9-5-7-11-20(18)21/h4-11,16,21H,3,12-15H2,1-2H3,(H,26,29)(H,27,33)(H,31,32). The molecule has 0 heterocycles. The Morgan fingerprint density at radius 1 is 0.971 bits per heavy atom. The highest BCUT2D eigenvalue weighted by Crippen LogP contribution is 2.44. The zero-order valence-corrected chi connectivity index (χ0v) is 19.2. The number of nitrogens with one attached hydrogen (secondary N) is 2. The van der Waals surface area contributed by atoms with Crippen LogP contribution in [-0.4, -0.2) is 66.2 Å². The third kappa shape index (κ3) is 5.92. The SMILES string of the molecule is CCC(C)N(CC(=O)O)C(=O)CNC(=O)CNC(=O)OCC1c2ccccc2-c2ccccc21. The minimum Gasteiger partial charge on any atom is -0.480 e. The molecule has 0 saturated carbocycles. The molecule has 0 saturated heterocycles. The molecule has 1 aliphatic rings. The first-order valence-corrected chi connectivity index (χ1v) is 11.2. The predicted molar refractivity (Wildman–Crippen MR) is 125 cm³/mol. The second-order valence-electron chi connectivity index (χ2n) is 8.13. The normalized spacial score (nSPS) is 12.8. The lowest BCUT2D eigenvalue weighted by Crippen LogP contribution is -2.48. The number of carboxylic acid groups (broad SMARTS) is 1. The van der Waals surface area contributed by atoms with E-state index in [2.05, 4.69) is 10.6 Å². The number of amides is 3. The molecule has 180 valence electrons. The van der Waals surface area contributed by atoms with Crippen LogP contribution in [-0.2, 0) is 19.1 Å². The van der Waals surface area contributed by atoms with Crippen LogP contribution in [0.5, 0.6) is 0 Å². The van der Waals surface area contributed by atoms with Crippen molar-refractivity contribution in [1.29, 1.82) is 0 Å². The van der Waals surface area contributed by atoms with E-state index >= 15 is 0 Å². The number of carboxylic acids is 1. The number of carbonyl (C=O) groups excluding carboxylic acids is 3. The maximum Gasteiger partial charge on any atom is 0.407 e. The summed E-state index contributed by atoms with van der Waals surface area (Å²) in [7, 11) is 0. The molecule has 0 aromatic heterocycles. The Bertz CT molecular complexity index is 1020. The van der Waals surface area contributed by atoms with E-state index in [-0.39, 0.29) is 31.7 Å². The Kier molecular flexibility index (Phi) is 8.24. The number of hydrogen-bond acceptors (Lipinski definition) is 5. The van der Waals surface area contributed by atoms with Crippen LogP contribution in [0, 0.1) is 0 Å². The van der Waals surface area contributed by atoms with Crippen LogP contribution in [0.1, 0.15) is 37.3 Å². The number of benzene rings is 2. The van der Waals surface area contributed by atoms with Crippen molar-refractivity contribution in [3.63, 3.8) is 0 Å². The first-order valence-electron chi connectivity index (χ1n) is 11.2. The Balaban J connectivity index is 1.46. The molecule has 1 atom stereocenters. The fourth-order valence-corrected chi connectivity index (χ4v) is 4.00. The van der Waals surface area contributed by atoms with Gasteiger partial charge in [0.05, 0.1) is 6.54 Å². The zero-order chi connectivity index (χ0) is 24.7. The topological polar surface area (TPSA) is 125 Å². The van der Waals surface area contributed by atoms with E-state index in [9.17, 15) is 19.2 Å². The average Bonchev–Trinajstić information content (AvgIpc) is 3.16. The molecule has 0 spiro atoms. The average molecular weight is 468 g/mol. The lowest BCUT2D eigenvalue weighted by atomic mass is 9.98. The van der Waals surface area contributed by atoms with E-state index in [0.29, 0.717) is 6.42 Å². The summed E-state index contributed by atoms with van der Waals surface area (Å²) in [6.45, 7) is 2.53. The summed E-state index contributed by atoms with van der Waals surface area (Å²) in [6.07, 6.45) is -0.161. The summed E-state index contributed by atoms with van der Waals surface area (Å²) < 4.78 is 5.37. The molecule has 3 rings (SSSR count). The second-order valence-corrected chi connectivity index (χ2v) is 8.13. The van der Waals surface area contributed by atoms with Gasteiger partial charge in [-0.25, -0.2) is 4.79 Å².